The van der Waals surface area contributed by atoms with Gasteiger partial charge in [-0.1, -0.05) is 35.9 Å². The van der Waals surface area contributed by atoms with Crippen molar-refractivity contribution in [2.75, 3.05) is 5.32 Å². The summed E-state index contributed by atoms with van der Waals surface area (Å²) in [5.41, 5.74) is 4.54. The number of nitrogens with one attached hydrogen (secondary N) is 2. The van der Waals surface area contributed by atoms with Crippen molar-refractivity contribution in [2.24, 2.45) is 0 Å². The van der Waals surface area contributed by atoms with Crippen molar-refractivity contribution in [3.8, 4) is 0 Å². The maximum Gasteiger partial charge on any atom is 0.255 e. The van der Waals surface area contributed by atoms with Gasteiger partial charge in [0.15, 0.2) is 5.78 Å². The Hall–Kier alpha value is -2.92. The third kappa shape index (κ3) is 3.70. The molecule has 1 atom stereocenters. The largest absolute Gasteiger partial charge is 0.362 e. The van der Waals surface area contributed by atoms with E-state index in [1.807, 2.05) is 38.1 Å². The zero-order valence-corrected chi connectivity index (χ0v) is 17.1. The molecule has 0 saturated heterocycles. The Labute approximate surface area is 174 Å². The van der Waals surface area contributed by atoms with Crippen molar-refractivity contribution in [3.63, 3.8) is 0 Å². The molecule has 1 aliphatic heterocycles. The quantitative estimate of drug-likeness (QED) is 0.776. The highest BCUT2D eigenvalue weighted by atomic mass is 35.5. The summed E-state index contributed by atoms with van der Waals surface area (Å²) in [7, 11) is 0. The second kappa shape index (κ2) is 7.84. The average molecular weight is 408 g/mol. The number of aryl methyl sites for hydroxylation is 1. The Morgan fingerprint density at radius 2 is 1.97 bits per heavy atom. The minimum Gasteiger partial charge on any atom is -0.362 e. The molecule has 0 fully saturated rings. The van der Waals surface area contributed by atoms with Gasteiger partial charge in [-0.05, 0) is 49.9 Å². The van der Waals surface area contributed by atoms with Crippen LogP contribution in [-0.4, -0.2) is 16.7 Å². The molecule has 2 aliphatic rings. The first kappa shape index (κ1) is 19.4. The van der Waals surface area contributed by atoms with Gasteiger partial charge in [0.1, 0.15) is 5.82 Å². The number of ketones is 1. The number of nitrogens with zero attached hydrogens (tertiary/aromatic N) is 1. The fourth-order valence-electron chi connectivity index (χ4n) is 4.03. The zero-order valence-electron chi connectivity index (χ0n) is 16.4. The molecule has 148 valence electrons. The van der Waals surface area contributed by atoms with E-state index in [1.165, 1.54) is 0 Å². The van der Waals surface area contributed by atoms with Crippen LogP contribution in [0.2, 0.25) is 5.02 Å². The van der Waals surface area contributed by atoms with Gasteiger partial charge in [-0.25, -0.2) is 4.98 Å². The van der Waals surface area contributed by atoms with Gasteiger partial charge in [0.05, 0.1) is 0 Å². The monoisotopic (exact) mass is 407 g/mol. The molecular formula is C23H22ClN3O2. The van der Waals surface area contributed by atoms with Crippen molar-refractivity contribution in [2.45, 2.75) is 39.0 Å². The van der Waals surface area contributed by atoms with E-state index in [1.54, 1.807) is 18.3 Å². The lowest BCUT2D eigenvalue weighted by Gasteiger charge is -2.34. The van der Waals surface area contributed by atoms with E-state index in [0.717, 1.165) is 35.4 Å². The number of rotatable bonds is 3. The molecule has 6 heteroatoms. The molecule has 29 heavy (non-hydrogen) atoms. The Kier molecular flexibility index (Phi) is 5.24. The topological polar surface area (TPSA) is 71.1 Å². The number of benzene rings is 1. The van der Waals surface area contributed by atoms with Crippen LogP contribution >= 0.6 is 11.6 Å². The maximum absolute atomic E-state index is 13.3. The highest BCUT2D eigenvalue weighted by Gasteiger charge is 2.39. The second-order valence-electron chi connectivity index (χ2n) is 7.46. The smallest absolute Gasteiger partial charge is 0.255 e. The number of dihydropyridines is 1. The number of halogens is 1. The molecule has 0 spiro atoms. The Morgan fingerprint density at radius 3 is 2.69 bits per heavy atom. The third-order valence-corrected chi connectivity index (χ3v) is 5.73. The van der Waals surface area contributed by atoms with Crippen LogP contribution in [-0.2, 0) is 9.59 Å². The van der Waals surface area contributed by atoms with Gasteiger partial charge < -0.3 is 10.6 Å². The van der Waals surface area contributed by atoms with E-state index in [9.17, 15) is 9.59 Å². The van der Waals surface area contributed by atoms with Crippen LogP contribution in [0, 0.1) is 6.92 Å². The summed E-state index contributed by atoms with van der Waals surface area (Å²) in [6.07, 6.45) is 3.78. The maximum atomic E-state index is 13.3. The molecular weight excluding hydrogens is 386 g/mol. The standard InChI is InChI=1S/C23H22ClN3O2/c1-13-10-11-19(25-12-13)27-23(29)20-14(2)26-17-8-5-9-18(28)22(17)21(20)15-6-3-4-7-16(15)24/h3-4,6-7,10-12,21,26H,5,8-9H2,1-2H3,(H,25,27,29)/t21-/m1/s1. The number of pyridine rings is 1. The predicted octanol–water partition coefficient (Wildman–Crippen LogP) is 4.65. The van der Waals surface area contributed by atoms with Crippen molar-refractivity contribution in [3.05, 3.63) is 81.3 Å². The molecule has 5 nitrogen and oxygen atoms in total. The Bertz CT molecular complexity index is 1050. The van der Waals surface area contributed by atoms with Gasteiger partial charge >= 0.3 is 0 Å². The summed E-state index contributed by atoms with van der Waals surface area (Å²) < 4.78 is 0. The molecule has 4 rings (SSSR count). The number of aromatic nitrogens is 1. The molecule has 2 N–H and O–H groups in total. The minimum atomic E-state index is -0.502. The van der Waals surface area contributed by atoms with Crippen LogP contribution in [0.1, 0.15) is 43.2 Å². The van der Waals surface area contributed by atoms with Crippen LogP contribution in [0.4, 0.5) is 5.82 Å². The second-order valence-corrected chi connectivity index (χ2v) is 7.87. The van der Waals surface area contributed by atoms with Gasteiger partial charge in [-0.3, -0.25) is 9.59 Å². The average Bonchev–Trinajstić information content (AvgIpc) is 2.69. The predicted molar refractivity (Wildman–Crippen MR) is 114 cm³/mol. The van der Waals surface area contributed by atoms with Gasteiger partial charge in [-0.2, -0.15) is 0 Å². The fraction of sp³-hybridized carbons (Fsp3) is 0.261. The number of anilines is 1. The lowest BCUT2D eigenvalue weighted by molar-refractivity contribution is -0.116. The number of carbonyl (C=O) groups excluding carboxylic acids is 2. The van der Waals surface area contributed by atoms with Gasteiger partial charge in [0.25, 0.3) is 5.91 Å². The lowest BCUT2D eigenvalue weighted by Crippen LogP contribution is -2.35. The molecule has 2 aromatic rings. The first-order chi connectivity index (χ1) is 14.0. The van der Waals surface area contributed by atoms with E-state index >= 15 is 0 Å². The van der Waals surface area contributed by atoms with Crippen LogP contribution in [0.5, 0.6) is 0 Å². The minimum absolute atomic E-state index is 0.0648. The van der Waals surface area contributed by atoms with E-state index < -0.39 is 5.92 Å². The van der Waals surface area contributed by atoms with Crippen molar-refractivity contribution < 1.29 is 9.59 Å². The number of Topliss-reactive ketones (excluding diaryl/α,β-unsaturated/α-hetero) is 1. The molecule has 2 heterocycles. The molecule has 1 aromatic heterocycles. The summed E-state index contributed by atoms with van der Waals surface area (Å²) in [4.78, 5) is 30.5. The Morgan fingerprint density at radius 1 is 1.17 bits per heavy atom. The number of hydrogen-bond acceptors (Lipinski definition) is 4. The van der Waals surface area contributed by atoms with Crippen LogP contribution < -0.4 is 10.6 Å². The van der Waals surface area contributed by atoms with Crippen LogP contribution in [0.3, 0.4) is 0 Å². The summed E-state index contributed by atoms with van der Waals surface area (Å²) in [5, 5.41) is 6.72. The van der Waals surface area contributed by atoms with Crippen LogP contribution in [0.25, 0.3) is 0 Å². The van der Waals surface area contributed by atoms with Gasteiger partial charge in [-0.15, -0.1) is 0 Å². The molecule has 0 saturated carbocycles. The Balaban J connectivity index is 1.80. The van der Waals surface area contributed by atoms with Gasteiger partial charge in [0, 0.05) is 46.1 Å². The van der Waals surface area contributed by atoms with Crippen molar-refractivity contribution >= 4 is 29.1 Å². The number of hydrogen-bond donors (Lipinski definition) is 2. The lowest BCUT2D eigenvalue weighted by atomic mass is 9.75. The highest BCUT2D eigenvalue weighted by molar-refractivity contribution is 6.31. The first-order valence-electron chi connectivity index (χ1n) is 9.68. The van der Waals surface area contributed by atoms with E-state index in [0.29, 0.717) is 28.4 Å². The molecule has 1 aromatic carbocycles. The summed E-state index contributed by atoms with van der Waals surface area (Å²) >= 11 is 6.51. The summed E-state index contributed by atoms with van der Waals surface area (Å²) in [5.74, 6) is -0.261. The SMILES string of the molecule is CC1=C(C(=O)Nc2ccc(C)cn2)[C@@H](c2ccccc2Cl)C2=C(CCCC2=O)N1. The van der Waals surface area contributed by atoms with Crippen molar-refractivity contribution in [1.82, 2.24) is 10.3 Å². The molecule has 1 amide bonds. The summed E-state index contributed by atoms with van der Waals surface area (Å²) in [6.45, 7) is 3.80. The first-order valence-corrected chi connectivity index (χ1v) is 10.1. The molecule has 0 radical (unpaired) electrons. The van der Waals surface area contributed by atoms with E-state index in [4.69, 9.17) is 11.6 Å². The molecule has 1 aliphatic carbocycles. The number of allylic oxidation sites excluding steroid dienone is 3. The van der Waals surface area contributed by atoms with Gasteiger partial charge in [0.2, 0.25) is 0 Å². The van der Waals surface area contributed by atoms with E-state index in [2.05, 4.69) is 15.6 Å². The zero-order chi connectivity index (χ0) is 20.5. The third-order valence-electron chi connectivity index (χ3n) is 5.39. The molecule has 0 bridgehead atoms. The van der Waals surface area contributed by atoms with E-state index in [-0.39, 0.29) is 11.7 Å². The normalized spacial score (nSPS) is 19.0. The number of carbonyl (C=O) groups is 2. The van der Waals surface area contributed by atoms with Crippen molar-refractivity contribution in [1.29, 1.82) is 0 Å². The fourth-order valence-corrected chi connectivity index (χ4v) is 4.27. The van der Waals surface area contributed by atoms with Crippen LogP contribution in [0.15, 0.2) is 65.1 Å². The highest BCUT2D eigenvalue weighted by Crippen LogP contribution is 2.44. The summed E-state index contributed by atoms with van der Waals surface area (Å²) in [6, 6.07) is 11.1. The molecule has 0 unspecified atom stereocenters. The number of amides is 1.